The molecule has 0 radical (unpaired) electrons. The minimum Gasteiger partial charge on any atom is -0.369 e. The van der Waals surface area contributed by atoms with Gasteiger partial charge in [0.15, 0.2) is 0 Å². The van der Waals surface area contributed by atoms with Gasteiger partial charge in [-0.25, -0.2) is 4.68 Å². The predicted octanol–water partition coefficient (Wildman–Crippen LogP) is 5.02. The summed E-state index contributed by atoms with van der Waals surface area (Å²) in [6, 6.07) is 23.0. The smallest absolute Gasteiger partial charge is 0.369 e. The molecule has 182 valence electrons. The van der Waals surface area contributed by atoms with E-state index in [1.165, 1.54) is 0 Å². The first kappa shape index (κ1) is 23.2. The van der Waals surface area contributed by atoms with Crippen molar-refractivity contribution in [1.82, 2.24) is 14.3 Å². The Kier molecular flexibility index (Phi) is 6.38. The number of aromatic nitrogens is 2. The van der Waals surface area contributed by atoms with Gasteiger partial charge in [-0.3, -0.25) is 14.4 Å². The lowest BCUT2D eigenvalue weighted by Crippen LogP contribution is -2.46. The largest absolute Gasteiger partial charge is 0.416 e. The quantitative estimate of drug-likeness (QED) is 0.389. The first-order valence-electron chi connectivity index (χ1n) is 11.8. The monoisotopic (exact) mass is 480 g/mol. The molecule has 5 rings (SSSR count). The zero-order valence-corrected chi connectivity index (χ0v) is 19.3. The summed E-state index contributed by atoms with van der Waals surface area (Å²) in [7, 11) is 0. The van der Waals surface area contributed by atoms with E-state index in [9.17, 15) is 18.0 Å². The maximum atomic E-state index is 13.1. The highest BCUT2D eigenvalue weighted by Gasteiger charge is 2.30. The van der Waals surface area contributed by atoms with Crippen molar-refractivity contribution in [3.8, 4) is 5.69 Å². The van der Waals surface area contributed by atoms with E-state index in [0.717, 1.165) is 68.2 Å². The van der Waals surface area contributed by atoms with Gasteiger partial charge in [0, 0.05) is 45.0 Å². The van der Waals surface area contributed by atoms with Crippen LogP contribution in [0.2, 0.25) is 0 Å². The third kappa shape index (κ3) is 4.84. The zero-order chi connectivity index (χ0) is 24.4. The van der Waals surface area contributed by atoms with Crippen LogP contribution in [0.1, 0.15) is 12.0 Å². The minimum atomic E-state index is -4.31. The summed E-state index contributed by atoms with van der Waals surface area (Å²) in [5, 5.41) is 0.710. The third-order valence-electron chi connectivity index (χ3n) is 6.62. The van der Waals surface area contributed by atoms with Crippen LogP contribution in [0.3, 0.4) is 0 Å². The SMILES string of the molecule is O=c1c2ccccc2n(-c2ccccc2)n1CCCN1CCN(c2ccc(C(F)(F)F)cc2)CC1. The predicted molar refractivity (Wildman–Crippen MR) is 132 cm³/mol. The molecule has 1 aliphatic rings. The number of benzene rings is 3. The van der Waals surface area contributed by atoms with Gasteiger partial charge in [0.1, 0.15) is 0 Å². The van der Waals surface area contributed by atoms with Gasteiger partial charge in [-0.1, -0.05) is 30.3 Å². The average Bonchev–Trinajstić information content (AvgIpc) is 3.16. The van der Waals surface area contributed by atoms with Gasteiger partial charge in [-0.05, 0) is 55.0 Å². The van der Waals surface area contributed by atoms with E-state index in [4.69, 9.17) is 0 Å². The van der Waals surface area contributed by atoms with Gasteiger partial charge in [-0.15, -0.1) is 0 Å². The summed E-state index contributed by atoms with van der Waals surface area (Å²) >= 11 is 0. The van der Waals surface area contributed by atoms with E-state index < -0.39 is 11.7 Å². The highest BCUT2D eigenvalue weighted by Crippen LogP contribution is 2.30. The van der Waals surface area contributed by atoms with E-state index in [1.54, 1.807) is 12.1 Å². The molecule has 1 aliphatic heterocycles. The van der Waals surface area contributed by atoms with E-state index >= 15 is 0 Å². The Bertz CT molecular complexity index is 1340. The Hall–Kier alpha value is -3.52. The Morgan fingerprint density at radius 3 is 2.06 bits per heavy atom. The van der Waals surface area contributed by atoms with Crippen molar-refractivity contribution >= 4 is 16.6 Å². The van der Waals surface area contributed by atoms with Crippen molar-refractivity contribution in [3.63, 3.8) is 0 Å². The van der Waals surface area contributed by atoms with Crippen LogP contribution in [0.25, 0.3) is 16.6 Å². The van der Waals surface area contributed by atoms with Gasteiger partial charge >= 0.3 is 6.18 Å². The molecule has 1 aromatic heterocycles. The lowest BCUT2D eigenvalue weighted by atomic mass is 10.1. The molecule has 1 saturated heterocycles. The number of fused-ring (bicyclic) bond motifs is 1. The number of alkyl halides is 3. The van der Waals surface area contributed by atoms with E-state index in [0.29, 0.717) is 11.9 Å². The summed E-state index contributed by atoms with van der Waals surface area (Å²) in [6.07, 6.45) is -3.49. The van der Waals surface area contributed by atoms with Gasteiger partial charge in [0.2, 0.25) is 0 Å². The molecule has 4 aromatic rings. The average molecular weight is 481 g/mol. The van der Waals surface area contributed by atoms with Crippen LogP contribution in [-0.4, -0.2) is 47.0 Å². The van der Waals surface area contributed by atoms with Crippen molar-refractivity contribution in [3.05, 3.63) is 94.8 Å². The Balaban J connectivity index is 1.22. The number of nitrogens with zero attached hydrogens (tertiary/aromatic N) is 4. The number of hydrogen-bond acceptors (Lipinski definition) is 3. The summed E-state index contributed by atoms with van der Waals surface area (Å²) in [5.74, 6) is 0. The summed E-state index contributed by atoms with van der Waals surface area (Å²) in [5.41, 5.74) is 2.06. The molecular formula is C27H27F3N4O. The molecule has 0 aliphatic carbocycles. The molecular weight excluding hydrogens is 453 g/mol. The standard InChI is InChI=1S/C27H27F3N4O/c28-27(29,30)21-11-13-22(14-12-21)32-19-17-31(18-20-32)15-6-16-33-26(35)24-9-4-5-10-25(24)34(33)23-7-2-1-3-8-23/h1-5,7-14H,6,15-20H2. The number of hydrogen-bond donors (Lipinski definition) is 0. The van der Waals surface area contributed by atoms with Crippen LogP contribution in [-0.2, 0) is 12.7 Å². The zero-order valence-electron chi connectivity index (χ0n) is 19.3. The molecule has 0 unspecified atom stereocenters. The highest BCUT2D eigenvalue weighted by molar-refractivity contribution is 5.80. The van der Waals surface area contributed by atoms with Crippen molar-refractivity contribution < 1.29 is 13.2 Å². The molecule has 0 amide bonds. The molecule has 0 atom stereocenters. The molecule has 0 saturated carbocycles. The first-order chi connectivity index (χ1) is 16.9. The second-order valence-electron chi connectivity index (χ2n) is 8.82. The molecule has 2 heterocycles. The maximum Gasteiger partial charge on any atom is 0.416 e. The second kappa shape index (κ2) is 9.62. The first-order valence-corrected chi connectivity index (χ1v) is 11.8. The summed E-state index contributed by atoms with van der Waals surface area (Å²) < 4.78 is 42.3. The molecule has 0 N–H and O–H groups in total. The van der Waals surface area contributed by atoms with Crippen molar-refractivity contribution in [2.75, 3.05) is 37.6 Å². The van der Waals surface area contributed by atoms with Crippen molar-refractivity contribution in [2.24, 2.45) is 0 Å². The molecule has 0 bridgehead atoms. The molecule has 35 heavy (non-hydrogen) atoms. The van der Waals surface area contributed by atoms with Gasteiger partial charge in [0.25, 0.3) is 5.56 Å². The van der Waals surface area contributed by atoms with E-state index in [-0.39, 0.29) is 5.56 Å². The van der Waals surface area contributed by atoms with Gasteiger partial charge in [0.05, 0.1) is 22.2 Å². The fourth-order valence-corrected chi connectivity index (χ4v) is 4.78. The van der Waals surface area contributed by atoms with Crippen molar-refractivity contribution in [1.29, 1.82) is 0 Å². The fourth-order valence-electron chi connectivity index (χ4n) is 4.78. The molecule has 5 nitrogen and oxygen atoms in total. The Morgan fingerprint density at radius 1 is 0.714 bits per heavy atom. The number of piperazine rings is 1. The van der Waals surface area contributed by atoms with Crippen LogP contribution in [0, 0.1) is 0 Å². The van der Waals surface area contributed by atoms with Crippen LogP contribution in [0.15, 0.2) is 83.7 Å². The van der Waals surface area contributed by atoms with Crippen LogP contribution in [0.5, 0.6) is 0 Å². The topological polar surface area (TPSA) is 33.4 Å². The van der Waals surface area contributed by atoms with E-state index in [1.807, 2.05) is 64.0 Å². The number of anilines is 1. The summed E-state index contributed by atoms with van der Waals surface area (Å²) in [6.45, 7) is 4.63. The maximum absolute atomic E-state index is 13.1. The third-order valence-corrected chi connectivity index (χ3v) is 6.62. The summed E-state index contributed by atoms with van der Waals surface area (Å²) in [4.78, 5) is 17.6. The molecule has 3 aromatic carbocycles. The lowest BCUT2D eigenvalue weighted by molar-refractivity contribution is -0.137. The number of halogens is 3. The Morgan fingerprint density at radius 2 is 1.37 bits per heavy atom. The molecule has 0 spiro atoms. The van der Waals surface area contributed by atoms with Gasteiger partial charge in [-0.2, -0.15) is 13.2 Å². The van der Waals surface area contributed by atoms with E-state index in [2.05, 4.69) is 9.80 Å². The number of rotatable bonds is 6. The molecule has 1 fully saturated rings. The minimum absolute atomic E-state index is 0.0107. The highest BCUT2D eigenvalue weighted by atomic mass is 19.4. The second-order valence-corrected chi connectivity index (χ2v) is 8.82. The lowest BCUT2D eigenvalue weighted by Gasteiger charge is -2.36. The number of para-hydroxylation sites is 2. The van der Waals surface area contributed by atoms with Crippen LogP contribution >= 0.6 is 0 Å². The van der Waals surface area contributed by atoms with Crippen LogP contribution in [0.4, 0.5) is 18.9 Å². The fraction of sp³-hybridized carbons (Fsp3) is 0.296. The molecule has 8 heteroatoms. The normalized spacial score (nSPS) is 15.1. The Labute approximate surface area is 201 Å². The van der Waals surface area contributed by atoms with Crippen LogP contribution < -0.4 is 10.5 Å². The van der Waals surface area contributed by atoms with Crippen molar-refractivity contribution in [2.45, 2.75) is 19.1 Å². The van der Waals surface area contributed by atoms with Gasteiger partial charge < -0.3 is 4.90 Å².